The van der Waals surface area contributed by atoms with Crippen molar-refractivity contribution < 1.29 is 27.5 Å². The molecule has 33 heavy (non-hydrogen) atoms. The number of carbonyl (C=O) groups is 2. The summed E-state index contributed by atoms with van der Waals surface area (Å²) in [5, 5.41) is 5.60. The van der Waals surface area contributed by atoms with E-state index in [1.807, 2.05) is 6.92 Å². The minimum Gasteiger partial charge on any atom is -0.436 e. The summed E-state index contributed by atoms with van der Waals surface area (Å²) in [5.41, 5.74) is 0.130. The maximum absolute atomic E-state index is 13.4. The summed E-state index contributed by atoms with van der Waals surface area (Å²) < 4.78 is 45.6. The molecule has 5 nitrogen and oxygen atoms in total. The maximum Gasteiger partial charge on any atom is 0.408 e. The molecule has 174 valence electrons. The van der Waals surface area contributed by atoms with Crippen LogP contribution in [0.4, 0.5) is 23.7 Å². The van der Waals surface area contributed by atoms with Crippen LogP contribution in [0.1, 0.15) is 30.1 Å². The largest absolute Gasteiger partial charge is 0.436 e. The van der Waals surface area contributed by atoms with Crippen LogP contribution in [0.15, 0.2) is 47.4 Å². The summed E-state index contributed by atoms with van der Waals surface area (Å²) in [6, 6.07) is 6.05. The smallest absolute Gasteiger partial charge is 0.408 e. The van der Waals surface area contributed by atoms with Crippen LogP contribution in [0.5, 0.6) is 0 Å². The van der Waals surface area contributed by atoms with Gasteiger partial charge in [0.1, 0.15) is 0 Å². The molecule has 2 aromatic carbocycles. The third-order valence-corrected chi connectivity index (χ3v) is 7.71. The number of carbonyl (C=O) groups excluding carboxylic acids is 2. The van der Waals surface area contributed by atoms with Crippen LogP contribution in [0.3, 0.4) is 0 Å². The van der Waals surface area contributed by atoms with Crippen molar-refractivity contribution in [3.63, 3.8) is 0 Å². The van der Waals surface area contributed by atoms with Crippen molar-refractivity contribution in [3.8, 4) is 0 Å². The van der Waals surface area contributed by atoms with Crippen molar-refractivity contribution in [2.45, 2.75) is 35.5 Å². The molecule has 1 saturated heterocycles. The summed E-state index contributed by atoms with van der Waals surface area (Å²) in [6.45, 7) is 6.54. The van der Waals surface area contributed by atoms with Crippen molar-refractivity contribution in [2.24, 2.45) is 5.92 Å². The molecule has 1 spiro atoms. The molecule has 1 aliphatic heterocycles. The molecule has 2 amide bonds. The molecular weight excluding hydrogens is 477 g/mol. The zero-order valence-electron chi connectivity index (χ0n) is 17.5. The lowest BCUT2D eigenvalue weighted by atomic mass is 9.73. The lowest BCUT2D eigenvalue weighted by Gasteiger charge is -2.42. The van der Waals surface area contributed by atoms with Crippen molar-refractivity contribution >= 4 is 41.1 Å². The Bertz CT molecular complexity index is 1140. The van der Waals surface area contributed by atoms with Gasteiger partial charge in [0.05, 0.1) is 11.6 Å². The fourth-order valence-corrected chi connectivity index (χ4v) is 5.87. The van der Waals surface area contributed by atoms with E-state index in [-0.39, 0.29) is 22.4 Å². The number of nitrogens with one attached hydrogen (secondary N) is 2. The van der Waals surface area contributed by atoms with Crippen LogP contribution in [0.25, 0.3) is 0 Å². The molecule has 0 bridgehead atoms. The summed E-state index contributed by atoms with van der Waals surface area (Å²) in [5.74, 6) is -4.99. The Morgan fingerprint density at radius 1 is 1.27 bits per heavy atom. The number of benzene rings is 2. The molecule has 2 aromatic rings. The highest BCUT2D eigenvalue weighted by molar-refractivity contribution is 8.00. The van der Waals surface area contributed by atoms with E-state index in [4.69, 9.17) is 16.3 Å². The second-order valence-corrected chi connectivity index (χ2v) is 9.92. The molecule has 1 heterocycles. The van der Waals surface area contributed by atoms with Crippen LogP contribution in [-0.2, 0) is 4.74 Å². The highest BCUT2D eigenvalue weighted by atomic mass is 35.5. The number of anilines is 1. The quantitative estimate of drug-likeness (QED) is 0.406. The third kappa shape index (κ3) is 4.56. The molecule has 2 N–H and O–H groups in total. The van der Waals surface area contributed by atoms with Gasteiger partial charge in [-0.15, -0.1) is 11.8 Å². The van der Waals surface area contributed by atoms with Gasteiger partial charge in [-0.25, -0.2) is 18.0 Å². The first kappa shape index (κ1) is 23.5. The Balaban J connectivity index is 1.48. The van der Waals surface area contributed by atoms with Gasteiger partial charge in [0, 0.05) is 39.4 Å². The third-order valence-electron chi connectivity index (χ3n) is 5.98. The van der Waals surface area contributed by atoms with Gasteiger partial charge in [-0.2, -0.15) is 0 Å². The van der Waals surface area contributed by atoms with Gasteiger partial charge in [-0.05, 0) is 36.6 Å². The van der Waals surface area contributed by atoms with E-state index in [0.29, 0.717) is 35.0 Å². The van der Waals surface area contributed by atoms with E-state index in [1.165, 1.54) is 17.8 Å². The molecule has 0 radical (unpaired) electrons. The Hall–Kier alpha value is -2.65. The zero-order valence-corrected chi connectivity index (χ0v) is 19.1. The Morgan fingerprint density at radius 2 is 1.97 bits per heavy atom. The van der Waals surface area contributed by atoms with Crippen molar-refractivity contribution in [2.75, 3.05) is 11.9 Å². The van der Waals surface area contributed by atoms with Crippen LogP contribution in [0, 0.1) is 23.4 Å². The number of hydrogen-bond acceptors (Lipinski definition) is 4. The number of rotatable bonds is 4. The first-order valence-electron chi connectivity index (χ1n) is 10.2. The van der Waals surface area contributed by atoms with Gasteiger partial charge in [0.2, 0.25) is 0 Å². The van der Waals surface area contributed by atoms with Gasteiger partial charge < -0.3 is 15.4 Å². The van der Waals surface area contributed by atoms with E-state index in [2.05, 4.69) is 17.2 Å². The predicted molar refractivity (Wildman–Crippen MR) is 120 cm³/mol. The van der Waals surface area contributed by atoms with Gasteiger partial charge in [0.25, 0.3) is 5.91 Å². The predicted octanol–water partition coefficient (Wildman–Crippen LogP) is 5.94. The van der Waals surface area contributed by atoms with E-state index in [1.54, 1.807) is 12.1 Å². The van der Waals surface area contributed by atoms with Gasteiger partial charge in [0.15, 0.2) is 23.1 Å². The molecule has 0 aromatic heterocycles. The normalized spacial score (nSPS) is 24.5. The lowest BCUT2D eigenvalue weighted by molar-refractivity contribution is 0.0269. The van der Waals surface area contributed by atoms with Crippen LogP contribution in [0.2, 0.25) is 5.02 Å². The molecule has 10 heteroatoms. The highest BCUT2D eigenvalue weighted by Crippen LogP contribution is 2.47. The van der Waals surface area contributed by atoms with Gasteiger partial charge >= 0.3 is 6.09 Å². The first-order chi connectivity index (χ1) is 15.6. The summed E-state index contributed by atoms with van der Waals surface area (Å²) in [7, 11) is 0. The molecule has 1 saturated carbocycles. The maximum atomic E-state index is 13.4. The molecule has 3 atom stereocenters. The molecular formula is C23H20ClF3N2O3S. The minimum absolute atomic E-state index is 0.0312. The average Bonchev–Trinajstić information content (AvgIpc) is 3.15. The molecule has 1 unspecified atom stereocenters. The Labute approximate surface area is 197 Å². The van der Waals surface area contributed by atoms with E-state index < -0.39 is 35.1 Å². The Kier molecular flexibility index (Phi) is 6.37. The second kappa shape index (κ2) is 8.95. The highest BCUT2D eigenvalue weighted by Gasteiger charge is 2.51. The standard InChI is InChI=1S/C23H20ClF3N2O3S/c1-11-5-15(6-12(2)23(11)10-28-22(31)32-23)33-19-7-13(3-4-16(19)24)21(30)29-14-8-17(25)20(27)18(26)9-14/h3-4,7-9,12,15H,1,5-6,10H2,2H3,(H,28,31)(H,29,30)/t12?,15-,23+/m0/s1. The van der Waals surface area contributed by atoms with Crippen molar-refractivity contribution in [3.05, 3.63) is 70.5 Å². The summed E-state index contributed by atoms with van der Waals surface area (Å²) >= 11 is 7.84. The second-order valence-electron chi connectivity index (χ2n) is 8.17. The lowest BCUT2D eigenvalue weighted by Crippen LogP contribution is -2.47. The molecule has 2 aliphatic rings. The summed E-state index contributed by atoms with van der Waals surface area (Å²) in [4.78, 5) is 24.9. The number of hydrogen-bond donors (Lipinski definition) is 2. The van der Waals surface area contributed by atoms with Crippen LogP contribution >= 0.6 is 23.4 Å². The van der Waals surface area contributed by atoms with E-state index in [9.17, 15) is 22.8 Å². The van der Waals surface area contributed by atoms with Crippen LogP contribution < -0.4 is 10.6 Å². The number of thioether (sulfide) groups is 1. The first-order valence-corrected chi connectivity index (χ1v) is 11.4. The molecule has 1 aliphatic carbocycles. The number of alkyl carbamates (subject to hydrolysis) is 1. The molecule has 4 rings (SSSR count). The van der Waals surface area contributed by atoms with E-state index in [0.717, 1.165) is 12.0 Å². The number of ether oxygens (including phenoxy) is 1. The zero-order chi connectivity index (χ0) is 23.9. The Morgan fingerprint density at radius 3 is 2.58 bits per heavy atom. The minimum atomic E-state index is -1.61. The molecule has 2 fully saturated rings. The SMILES string of the molecule is C=C1C[C@H](Sc2cc(C(=O)Nc3cc(F)c(F)c(F)c3)ccc2Cl)CC(C)[C@@]12CNC(=O)O2. The fraction of sp³-hybridized carbons (Fsp3) is 0.304. The monoisotopic (exact) mass is 496 g/mol. The number of halogens is 4. The fourth-order valence-electron chi connectivity index (χ4n) is 4.21. The van der Waals surface area contributed by atoms with Crippen molar-refractivity contribution in [1.82, 2.24) is 5.32 Å². The summed E-state index contributed by atoms with van der Waals surface area (Å²) in [6.07, 6.45) is 0.890. The topological polar surface area (TPSA) is 67.4 Å². The van der Waals surface area contributed by atoms with Crippen molar-refractivity contribution in [1.29, 1.82) is 0 Å². The number of amides is 2. The van der Waals surface area contributed by atoms with E-state index >= 15 is 0 Å². The van der Waals surface area contributed by atoms with Crippen LogP contribution in [-0.4, -0.2) is 29.4 Å². The van der Waals surface area contributed by atoms with Gasteiger partial charge in [-0.3, -0.25) is 4.79 Å². The van der Waals surface area contributed by atoms with Gasteiger partial charge in [-0.1, -0.05) is 25.1 Å². The average molecular weight is 497 g/mol.